The van der Waals surface area contributed by atoms with Crippen LogP contribution in [0.2, 0.25) is 0 Å². The smallest absolute Gasteiger partial charge is 0.0300 e. The van der Waals surface area contributed by atoms with E-state index >= 15 is 0 Å². The number of aromatic nitrogens is 1. The molecule has 1 heterocycles. The maximum atomic E-state index is 4.18. The number of benzene rings is 1. The zero-order valence-corrected chi connectivity index (χ0v) is 12.7. The molecule has 19 heavy (non-hydrogen) atoms. The third kappa shape index (κ3) is 4.77. The van der Waals surface area contributed by atoms with Crippen LogP contribution in [-0.2, 0) is 12.8 Å². The third-order valence-electron chi connectivity index (χ3n) is 3.07. The average Bonchev–Trinajstić information content (AvgIpc) is 2.40. The van der Waals surface area contributed by atoms with Crippen LogP contribution in [0, 0.1) is 0 Å². The molecule has 2 nitrogen and oxygen atoms in total. The second-order valence-electron chi connectivity index (χ2n) is 4.65. The Kier molecular flexibility index (Phi) is 5.55. The Bertz CT molecular complexity index is 499. The van der Waals surface area contributed by atoms with Gasteiger partial charge in [-0.15, -0.1) is 0 Å². The van der Waals surface area contributed by atoms with Crippen LogP contribution in [-0.4, -0.2) is 17.6 Å². The second-order valence-corrected chi connectivity index (χ2v) is 5.57. The van der Waals surface area contributed by atoms with Crippen LogP contribution in [0.3, 0.4) is 0 Å². The molecule has 3 heteroatoms. The van der Waals surface area contributed by atoms with Crippen molar-refractivity contribution in [2.75, 3.05) is 6.54 Å². The largest absolute Gasteiger partial charge is 0.314 e. The summed E-state index contributed by atoms with van der Waals surface area (Å²) in [6.45, 7) is 3.14. The zero-order valence-electron chi connectivity index (χ0n) is 11.1. The molecular formula is C16H19BrN2. The zero-order chi connectivity index (χ0) is 13.5. The van der Waals surface area contributed by atoms with Crippen molar-refractivity contribution in [2.45, 2.75) is 25.8 Å². The highest BCUT2D eigenvalue weighted by molar-refractivity contribution is 9.10. The van der Waals surface area contributed by atoms with Crippen LogP contribution in [0.5, 0.6) is 0 Å². The molecule has 1 unspecified atom stereocenters. The fourth-order valence-electron chi connectivity index (χ4n) is 2.26. The Balaban J connectivity index is 2.04. The van der Waals surface area contributed by atoms with Crippen LogP contribution >= 0.6 is 15.9 Å². The highest BCUT2D eigenvalue weighted by Gasteiger charge is 2.09. The van der Waals surface area contributed by atoms with E-state index in [1.54, 1.807) is 0 Å². The Morgan fingerprint density at radius 3 is 2.63 bits per heavy atom. The van der Waals surface area contributed by atoms with Gasteiger partial charge in [-0.25, -0.2) is 0 Å². The molecule has 100 valence electrons. The molecule has 0 spiro atoms. The maximum absolute atomic E-state index is 4.18. The van der Waals surface area contributed by atoms with Gasteiger partial charge >= 0.3 is 0 Å². The minimum absolute atomic E-state index is 0.448. The molecule has 1 atom stereocenters. The molecule has 2 rings (SSSR count). The standard InChI is InChI=1S/C16H19BrN2/c1-2-19-16(11-14-6-4-8-18-12-14)10-13-5-3-7-15(17)9-13/h3-9,12,16,19H,2,10-11H2,1H3. The van der Waals surface area contributed by atoms with Gasteiger partial charge in [0.15, 0.2) is 0 Å². The third-order valence-corrected chi connectivity index (χ3v) is 3.56. The van der Waals surface area contributed by atoms with Gasteiger partial charge < -0.3 is 5.32 Å². The van der Waals surface area contributed by atoms with E-state index in [0.717, 1.165) is 23.9 Å². The molecule has 0 radical (unpaired) electrons. The fraction of sp³-hybridized carbons (Fsp3) is 0.312. The van der Waals surface area contributed by atoms with E-state index in [1.807, 2.05) is 18.5 Å². The molecule has 0 aliphatic rings. The number of likely N-dealkylation sites (N-methyl/N-ethyl adjacent to an activating group) is 1. The summed E-state index contributed by atoms with van der Waals surface area (Å²) in [7, 11) is 0. The van der Waals surface area contributed by atoms with E-state index in [9.17, 15) is 0 Å². The number of nitrogens with zero attached hydrogens (tertiary/aromatic N) is 1. The number of halogens is 1. The van der Waals surface area contributed by atoms with Crippen molar-refractivity contribution in [3.8, 4) is 0 Å². The lowest BCUT2D eigenvalue weighted by molar-refractivity contribution is 0.521. The van der Waals surface area contributed by atoms with Gasteiger partial charge in [-0.05, 0) is 48.7 Å². The summed E-state index contributed by atoms with van der Waals surface area (Å²) in [6, 6.07) is 13.1. The SMILES string of the molecule is CCNC(Cc1cccnc1)Cc1cccc(Br)c1. The van der Waals surface area contributed by atoms with E-state index in [0.29, 0.717) is 6.04 Å². The minimum atomic E-state index is 0.448. The summed E-state index contributed by atoms with van der Waals surface area (Å²) < 4.78 is 1.14. The summed E-state index contributed by atoms with van der Waals surface area (Å²) >= 11 is 3.53. The lowest BCUT2D eigenvalue weighted by Gasteiger charge is -2.18. The predicted molar refractivity (Wildman–Crippen MR) is 83.3 cm³/mol. The Labute approximate surface area is 123 Å². The maximum Gasteiger partial charge on any atom is 0.0300 e. The molecule has 2 aromatic rings. The highest BCUT2D eigenvalue weighted by Crippen LogP contribution is 2.14. The highest BCUT2D eigenvalue weighted by atomic mass is 79.9. The molecule has 1 aromatic heterocycles. The molecular weight excluding hydrogens is 300 g/mol. The molecule has 0 fully saturated rings. The summed E-state index contributed by atoms with van der Waals surface area (Å²) in [4.78, 5) is 4.18. The van der Waals surface area contributed by atoms with Crippen molar-refractivity contribution in [1.29, 1.82) is 0 Å². The van der Waals surface area contributed by atoms with Gasteiger partial charge in [0, 0.05) is 22.9 Å². The van der Waals surface area contributed by atoms with Crippen molar-refractivity contribution in [2.24, 2.45) is 0 Å². The Morgan fingerprint density at radius 1 is 1.16 bits per heavy atom. The van der Waals surface area contributed by atoms with Crippen molar-refractivity contribution >= 4 is 15.9 Å². The van der Waals surface area contributed by atoms with E-state index < -0.39 is 0 Å². The normalized spacial score (nSPS) is 12.3. The van der Waals surface area contributed by atoms with Crippen molar-refractivity contribution in [1.82, 2.24) is 10.3 Å². The van der Waals surface area contributed by atoms with E-state index in [-0.39, 0.29) is 0 Å². The molecule has 0 aliphatic carbocycles. The summed E-state index contributed by atoms with van der Waals surface area (Å²) in [5, 5.41) is 3.56. The van der Waals surface area contributed by atoms with E-state index in [2.05, 4.69) is 63.5 Å². The first-order valence-corrected chi connectivity index (χ1v) is 7.44. The van der Waals surface area contributed by atoms with Crippen molar-refractivity contribution in [3.05, 3.63) is 64.4 Å². The lowest BCUT2D eigenvalue weighted by Crippen LogP contribution is -2.33. The van der Waals surface area contributed by atoms with Crippen LogP contribution in [0.25, 0.3) is 0 Å². The Morgan fingerprint density at radius 2 is 1.95 bits per heavy atom. The lowest BCUT2D eigenvalue weighted by atomic mass is 10.00. The summed E-state index contributed by atoms with van der Waals surface area (Å²) in [5.74, 6) is 0. The first-order chi connectivity index (χ1) is 9.28. The summed E-state index contributed by atoms with van der Waals surface area (Å²) in [6.07, 6.45) is 5.81. The molecule has 0 bridgehead atoms. The second kappa shape index (κ2) is 7.41. The Hall–Kier alpha value is -1.19. The van der Waals surface area contributed by atoms with Crippen molar-refractivity contribution < 1.29 is 0 Å². The van der Waals surface area contributed by atoms with Crippen LogP contribution in [0.1, 0.15) is 18.1 Å². The van der Waals surface area contributed by atoms with Gasteiger partial charge in [0.25, 0.3) is 0 Å². The van der Waals surface area contributed by atoms with Gasteiger partial charge in [0.1, 0.15) is 0 Å². The quantitative estimate of drug-likeness (QED) is 0.880. The first kappa shape index (κ1) is 14.2. The summed E-state index contributed by atoms with van der Waals surface area (Å²) in [5.41, 5.74) is 2.63. The molecule has 0 aliphatic heterocycles. The first-order valence-electron chi connectivity index (χ1n) is 6.64. The van der Waals surface area contributed by atoms with Crippen molar-refractivity contribution in [3.63, 3.8) is 0 Å². The number of pyridine rings is 1. The number of nitrogens with one attached hydrogen (secondary N) is 1. The molecule has 0 saturated carbocycles. The molecule has 1 aromatic carbocycles. The van der Waals surface area contributed by atoms with Gasteiger partial charge in [-0.3, -0.25) is 4.98 Å². The molecule has 0 amide bonds. The van der Waals surface area contributed by atoms with Gasteiger partial charge in [-0.1, -0.05) is 41.1 Å². The predicted octanol–water partition coefficient (Wildman–Crippen LogP) is 3.61. The van der Waals surface area contributed by atoms with Gasteiger partial charge in [0.2, 0.25) is 0 Å². The van der Waals surface area contributed by atoms with E-state index in [4.69, 9.17) is 0 Å². The number of hydrogen-bond acceptors (Lipinski definition) is 2. The van der Waals surface area contributed by atoms with Crippen LogP contribution < -0.4 is 5.32 Å². The molecule has 1 N–H and O–H groups in total. The topological polar surface area (TPSA) is 24.9 Å². The van der Waals surface area contributed by atoms with Gasteiger partial charge in [0.05, 0.1) is 0 Å². The van der Waals surface area contributed by atoms with Gasteiger partial charge in [-0.2, -0.15) is 0 Å². The molecule has 0 saturated heterocycles. The number of rotatable bonds is 6. The fourth-order valence-corrected chi connectivity index (χ4v) is 2.70. The van der Waals surface area contributed by atoms with Crippen LogP contribution in [0.4, 0.5) is 0 Å². The number of hydrogen-bond donors (Lipinski definition) is 1. The van der Waals surface area contributed by atoms with Crippen LogP contribution in [0.15, 0.2) is 53.3 Å². The van der Waals surface area contributed by atoms with E-state index in [1.165, 1.54) is 11.1 Å². The minimum Gasteiger partial charge on any atom is -0.314 e. The monoisotopic (exact) mass is 318 g/mol. The average molecular weight is 319 g/mol.